The summed E-state index contributed by atoms with van der Waals surface area (Å²) in [7, 11) is -3.17. The number of amides is 1. The highest BCUT2D eigenvalue weighted by Gasteiger charge is 2.19. The minimum atomic E-state index is -4.51. The van der Waals surface area contributed by atoms with Crippen LogP contribution in [0.15, 0.2) is 47.4 Å². The standard InChI is InChI=1S/C14H14N2O5S/c1-21-12-7-10(15)13(22(18,19)20)8-11(12)16-14(17)9-5-3-2-4-6-9/h2-8H,15H2,1H3,(H,16,17)(H,18,19,20). The van der Waals surface area contributed by atoms with Gasteiger partial charge in [0.05, 0.1) is 18.5 Å². The third-order valence-corrected chi connectivity index (χ3v) is 3.80. The second-order valence-electron chi connectivity index (χ2n) is 4.39. The molecule has 2 rings (SSSR count). The molecule has 0 fully saturated rings. The van der Waals surface area contributed by atoms with E-state index in [4.69, 9.17) is 15.0 Å². The third-order valence-electron chi connectivity index (χ3n) is 2.89. The van der Waals surface area contributed by atoms with Gasteiger partial charge < -0.3 is 15.8 Å². The lowest BCUT2D eigenvalue weighted by atomic mass is 10.2. The normalized spacial score (nSPS) is 11.0. The van der Waals surface area contributed by atoms with Gasteiger partial charge in [-0.3, -0.25) is 9.35 Å². The van der Waals surface area contributed by atoms with Gasteiger partial charge in [0.1, 0.15) is 10.6 Å². The molecule has 0 bridgehead atoms. The van der Waals surface area contributed by atoms with Gasteiger partial charge in [-0.25, -0.2) is 0 Å². The predicted octanol–water partition coefficient (Wildman–Crippen LogP) is 1.78. The van der Waals surface area contributed by atoms with E-state index in [0.717, 1.165) is 6.07 Å². The highest BCUT2D eigenvalue weighted by Crippen LogP contribution is 2.32. The first kappa shape index (κ1) is 15.8. The number of anilines is 2. The van der Waals surface area contributed by atoms with Crippen LogP contribution in [-0.2, 0) is 10.1 Å². The maximum absolute atomic E-state index is 12.1. The summed E-state index contributed by atoms with van der Waals surface area (Å²) in [6.45, 7) is 0. The summed E-state index contributed by atoms with van der Waals surface area (Å²) < 4.78 is 36.8. The molecule has 0 aliphatic carbocycles. The van der Waals surface area contributed by atoms with Crippen LogP contribution < -0.4 is 15.8 Å². The van der Waals surface area contributed by atoms with E-state index in [1.54, 1.807) is 30.3 Å². The van der Waals surface area contributed by atoms with Gasteiger partial charge in [0.25, 0.3) is 16.0 Å². The Hall–Kier alpha value is -2.58. The molecule has 0 saturated carbocycles. The summed E-state index contributed by atoms with van der Waals surface area (Å²) in [4.78, 5) is 11.6. The molecular formula is C14H14N2O5S. The number of methoxy groups -OCH3 is 1. The number of benzene rings is 2. The lowest BCUT2D eigenvalue weighted by Gasteiger charge is -2.13. The fourth-order valence-corrected chi connectivity index (χ4v) is 2.47. The van der Waals surface area contributed by atoms with Gasteiger partial charge in [-0.15, -0.1) is 0 Å². The minimum Gasteiger partial charge on any atom is -0.494 e. The van der Waals surface area contributed by atoms with Crippen LogP contribution in [0.1, 0.15) is 10.4 Å². The molecule has 116 valence electrons. The monoisotopic (exact) mass is 322 g/mol. The van der Waals surface area contributed by atoms with Crippen LogP contribution in [0.2, 0.25) is 0 Å². The van der Waals surface area contributed by atoms with Crippen molar-refractivity contribution >= 4 is 27.4 Å². The van der Waals surface area contributed by atoms with Gasteiger partial charge in [-0.05, 0) is 18.2 Å². The Morgan fingerprint density at radius 3 is 2.41 bits per heavy atom. The van der Waals surface area contributed by atoms with Crippen molar-refractivity contribution in [2.24, 2.45) is 0 Å². The molecule has 0 unspecified atom stereocenters. The van der Waals surface area contributed by atoms with Crippen LogP contribution >= 0.6 is 0 Å². The number of nitrogens with one attached hydrogen (secondary N) is 1. The quantitative estimate of drug-likeness (QED) is 0.583. The molecule has 2 aromatic rings. The topological polar surface area (TPSA) is 119 Å². The van der Waals surface area contributed by atoms with Crippen molar-refractivity contribution in [2.45, 2.75) is 4.90 Å². The van der Waals surface area contributed by atoms with Crippen LogP contribution in [0.5, 0.6) is 5.75 Å². The molecule has 0 spiro atoms. The van der Waals surface area contributed by atoms with Crippen molar-refractivity contribution in [3.8, 4) is 5.75 Å². The molecule has 0 atom stereocenters. The zero-order valence-corrected chi connectivity index (χ0v) is 12.4. The number of hydrogen-bond acceptors (Lipinski definition) is 5. The van der Waals surface area contributed by atoms with Crippen molar-refractivity contribution in [2.75, 3.05) is 18.2 Å². The molecule has 8 heteroatoms. The Labute approximate surface area is 127 Å². The van der Waals surface area contributed by atoms with E-state index in [1.165, 1.54) is 13.2 Å². The lowest BCUT2D eigenvalue weighted by molar-refractivity contribution is 0.102. The van der Waals surface area contributed by atoms with E-state index in [-0.39, 0.29) is 17.1 Å². The van der Waals surface area contributed by atoms with E-state index in [0.29, 0.717) is 5.56 Å². The smallest absolute Gasteiger partial charge is 0.296 e. The van der Waals surface area contributed by atoms with Crippen molar-refractivity contribution in [3.05, 3.63) is 48.0 Å². The maximum Gasteiger partial charge on any atom is 0.296 e. The van der Waals surface area contributed by atoms with E-state index in [1.807, 2.05) is 0 Å². The fourth-order valence-electron chi connectivity index (χ4n) is 1.85. The second-order valence-corrected chi connectivity index (χ2v) is 5.78. The summed E-state index contributed by atoms with van der Waals surface area (Å²) >= 11 is 0. The Balaban J connectivity index is 2.44. The number of ether oxygens (including phenoxy) is 1. The zero-order valence-electron chi connectivity index (χ0n) is 11.6. The number of nitrogens with two attached hydrogens (primary N) is 1. The zero-order chi connectivity index (χ0) is 16.3. The van der Waals surface area contributed by atoms with Crippen LogP contribution in [0.25, 0.3) is 0 Å². The number of rotatable bonds is 4. The summed E-state index contributed by atoms with van der Waals surface area (Å²) in [6.07, 6.45) is 0. The Morgan fingerprint density at radius 2 is 1.86 bits per heavy atom. The van der Waals surface area contributed by atoms with E-state index < -0.39 is 20.9 Å². The second kappa shape index (κ2) is 6.04. The molecule has 7 nitrogen and oxygen atoms in total. The number of nitrogen functional groups attached to an aromatic ring is 1. The van der Waals surface area contributed by atoms with Crippen LogP contribution in [-0.4, -0.2) is 26.0 Å². The summed E-state index contributed by atoms with van der Waals surface area (Å²) in [5.41, 5.74) is 5.84. The Morgan fingerprint density at radius 1 is 1.23 bits per heavy atom. The first-order valence-electron chi connectivity index (χ1n) is 6.14. The number of carbonyl (C=O) groups is 1. The van der Waals surface area contributed by atoms with Gasteiger partial charge in [-0.1, -0.05) is 18.2 Å². The largest absolute Gasteiger partial charge is 0.494 e. The van der Waals surface area contributed by atoms with Crippen LogP contribution in [0.3, 0.4) is 0 Å². The third kappa shape index (κ3) is 3.35. The van der Waals surface area contributed by atoms with Crippen LogP contribution in [0.4, 0.5) is 11.4 Å². The number of carbonyl (C=O) groups excluding carboxylic acids is 1. The first-order valence-corrected chi connectivity index (χ1v) is 7.58. The molecule has 0 saturated heterocycles. The van der Waals surface area contributed by atoms with E-state index >= 15 is 0 Å². The predicted molar refractivity (Wildman–Crippen MR) is 81.6 cm³/mol. The average molecular weight is 322 g/mol. The van der Waals surface area contributed by atoms with Gasteiger partial charge in [0, 0.05) is 11.6 Å². The van der Waals surface area contributed by atoms with Gasteiger partial charge in [-0.2, -0.15) is 8.42 Å². The SMILES string of the molecule is COc1cc(N)c(S(=O)(=O)O)cc1NC(=O)c1ccccc1. The molecule has 2 aromatic carbocycles. The highest BCUT2D eigenvalue weighted by molar-refractivity contribution is 7.86. The van der Waals surface area contributed by atoms with Crippen LogP contribution in [0, 0.1) is 0 Å². The molecular weight excluding hydrogens is 308 g/mol. The van der Waals surface area contributed by atoms with Crippen molar-refractivity contribution in [1.82, 2.24) is 0 Å². The molecule has 0 radical (unpaired) electrons. The maximum atomic E-state index is 12.1. The summed E-state index contributed by atoms with van der Waals surface area (Å²) in [5.74, 6) is -0.279. The van der Waals surface area contributed by atoms with Gasteiger partial charge >= 0.3 is 0 Å². The average Bonchev–Trinajstić information content (AvgIpc) is 2.48. The summed E-state index contributed by atoms with van der Waals surface area (Å²) in [6, 6.07) is 10.6. The van der Waals surface area contributed by atoms with E-state index in [9.17, 15) is 13.2 Å². The Kier molecular flexibility index (Phi) is 4.34. The van der Waals surface area contributed by atoms with Gasteiger partial charge in [0.2, 0.25) is 0 Å². The molecule has 1 amide bonds. The highest BCUT2D eigenvalue weighted by atomic mass is 32.2. The van der Waals surface area contributed by atoms with Crippen molar-refractivity contribution in [3.63, 3.8) is 0 Å². The Bertz CT molecular complexity index is 803. The van der Waals surface area contributed by atoms with Crippen molar-refractivity contribution < 1.29 is 22.5 Å². The molecule has 0 aliphatic heterocycles. The lowest BCUT2D eigenvalue weighted by Crippen LogP contribution is -2.14. The minimum absolute atomic E-state index is 0.0816. The first-order chi connectivity index (χ1) is 10.3. The fraction of sp³-hybridized carbons (Fsp3) is 0.0714. The van der Waals surface area contributed by atoms with E-state index in [2.05, 4.69) is 5.32 Å². The summed E-state index contributed by atoms with van der Waals surface area (Å²) in [5, 5.41) is 2.52. The molecule has 0 aromatic heterocycles. The molecule has 0 aliphatic rings. The van der Waals surface area contributed by atoms with Gasteiger partial charge in [0.15, 0.2) is 0 Å². The van der Waals surface area contributed by atoms with Crippen molar-refractivity contribution in [1.29, 1.82) is 0 Å². The molecule has 22 heavy (non-hydrogen) atoms. The number of hydrogen-bond donors (Lipinski definition) is 3. The molecule has 4 N–H and O–H groups in total. The molecule has 0 heterocycles.